The van der Waals surface area contributed by atoms with Crippen molar-refractivity contribution in [2.45, 2.75) is 19.4 Å². The highest BCUT2D eigenvalue weighted by Crippen LogP contribution is 1.99. The van der Waals surface area contributed by atoms with Crippen LogP contribution in [-0.2, 0) is 13.0 Å². The summed E-state index contributed by atoms with van der Waals surface area (Å²) >= 11 is 0. The van der Waals surface area contributed by atoms with E-state index in [-0.39, 0.29) is 6.61 Å². The van der Waals surface area contributed by atoms with Gasteiger partial charge in [0.05, 0.1) is 5.69 Å². The molecule has 0 aliphatic heterocycles. The first-order chi connectivity index (χ1) is 5.72. The van der Waals surface area contributed by atoms with E-state index in [4.69, 9.17) is 5.11 Å². The molecular formula is C6H9F2N3O. The van der Waals surface area contributed by atoms with Crippen LogP contribution < -0.4 is 0 Å². The maximum atomic E-state index is 11.8. The molecule has 1 rings (SSSR count). The van der Waals surface area contributed by atoms with E-state index in [9.17, 15) is 8.78 Å². The van der Waals surface area contributed by atoms with Gasteiger partial charge in [-0.25, -0.2) is 13.5 Å². The highest BCUT2D eigenvalue weighted by molar-refractivity contribution is 4.91. The van der Waals surface area contributed by atoms with E-state index in [0.717, 1.165) is 4.68 Å². The van der Waals surface area contributed by atoms with Crippen LogP contribution in [0.5, 0.6) is 0 Å². The van der Waals surface area contributed by atoms with E-state index >= 15 is 0 Å². The largest absolute Gasteiger partial charge is 0.396 e. The summed E-state index contributed by atoms with van der Waals surface area (Å²) in [6.07, 6.45) is -0.667. The summed E-state index contributed by atoms with van der Waals surface area (Å²) in [6, 6.07) is 0. The minimum absolute atomic E-state index is 0.0482. The molecule has 0 spiro atoms. The molecule has 0 aliphatic rings. The van der Waals surface area contributed by atoms with Crippen molar-refractivity contribution in [3.05, 3.63) is 11.9 Å². The molecule has 4 nitrogen and oxygen atoms in total. The van der Waals surface area contributed by atoms with Crippen LogP contribution in [0.1, 0.15) is 5.69 Å². The fourth-order valence-corrected chi connectivity index (χ4v) is 0.798. The lowest BCUT2D eigenvalue weighted by Crippen LogP contribution is -2.06. The van der Waals surface area contributed by atoms with Gasteiger partial charge in [-0.3, -0.25) is 0 Å². The second-order valence-corrected chi connectivity index (χ2v) is 2.30. The van der Waals surface area contributed by atoms with Crippen LogP contribution in [0.4, 0.5) is 8.78 Å². The highest BCUT2D eigenvalue weighted by atomic mass is 19.3. The Balaban J connectivity index is 2.52. The molecule has 1 heterocycles. The van der Waals surface area contributed by atoms with Gasteiger partial charge in [-0.1, -0.05) is 5.21 Å². The van der Waals surface area contributed by atoms with E-state index in [1.165, 1.54) is 6.20 Å². The second-order valence-electron chi connectivity index (χ2n) is 2.30. The molecule has 12 heavy (non-hydrogen) atoms. The van der Waals surface area contributed by atoms with Gasteiger partial charge >= 0.3 is 0 Å². The van der Waals surface area contributed by atoms with Gasteiger partial charge in [-0.15, -0.1) is 5.10 Å². The molecule has 0 amide bonds. The van der Waals surface area contributed by atoms with Crippen molar-refractivity contribution in [2.75, 3.05) is 6.61 Å². The Hall–Kier alpha value is -1.04. The zero-order valence-electron chi connectivity index (χ0n) is 6.32. The van der Waals surface area contributed by atoms with E-state index in [1.54, 1.807) is 0 Å². The minimum Gasteiger partial charge on any atom is -0.396 e. The SMILES string of the molecule is OCCc1cn(CC(F)F)nn1. The summed E-state index contributed by atoms with van der Waals surface area (Å²) in [7, 11) is 0. The van der Waals surface area contributed by atoms with Gasteiger partial charge in [0.25, 0.3) is 6.43 Å². The van der Waals surface area contributed by atoms with E-state index < -0.39 is 13.0 Å². The predicted molar refractivity (Wildman–Crippen MR) is 36.8 cm³/mol. The number of rotatable bonds is 4. The van der Waals surface area contributed by atoms with Gasteiger partial charge in [0.2, 0.25) is 0 Å². The lowest BCUT2D eigenvalue weighted by molar-refractivity contribution is 0.121. The molecule has 1 aromatic rings. The van der Waals surface area contributed by atoms with E-state index in [1.807, 2.05) is 0 Å². The number of halogens is 2. The van der Waals surface area contributed by atoms with Crippen LogP contribution in [0.2, 0.25) is 0 Å². The van der Waals surface area contributed by atoms with Crippen LogP contribution in [0.15, 0.2) is 6.20 Å². The molecule has 0 unspecified atom stereocenters. The van der Waals surface area contributed by atoms with Crippen molar-refractivity contribution in [3.8, 4) is 0 Å². The summed E-state index contributed by atoms with van der Waals surface area (Å²) in [4.78, 5) is 0. The highest BCUT2D eigenvalue weighted by Gasteiger charge is 2.05. The van der Waals surface area contributed by atoms with Gasteiger partial charge in [-0.2, -0.15) is 0 Å². The summed E-state index contributed by atoms with van der Waals surface area (Å²) < 4.78 is 24.6. The van der Waals surface area contributed by atoms with Crippen molar-refractivity contribution in [1.82, 2.24) is 15.0 Å². The Morgan fingerprint density at radius 2 is 2.33 bits per heavy atom. The van der Waals surface area contributed by atoms with Crippen LogP contribution >= 0.6 is 0 Å². The summed E-state index contributed by atoms with van der Waals surface area (Å²) in [5, 5.41) is 15.5. The molecule has 0 saturated carbocycles. The number of nitrogens with zero attached hydrogens (tertiary/aromatic N) is 3. The fourth-order valence-electron chi connectivity index (χ4n) is 0.798. The van der Waals surface area contributed by atoms with Crippen molar-refractivity contribution in [2.24, 2.45) is 0 Å². The zero-order valence-corrected chi connectivity index (χ0v) is 6.32. The number of aliphatic hydroxyl groups excluding tert-OH is 1. The first kappa shape index (κ1) is 9.05. The maximum absolute atomic E-state index is 11.8. The second kappa shape index (κ2) is 4.10. The number of aliphatic hydroxyl groups is 1. The first-order valence-electron chi connectivity index (χ1n) is 3.50. The molecule has 6 heteroatoms. The Kier molecular flexibility index (Phi) is 3.09. The molecule has 0 atom stereocenters. The third kappa shape index (κ3) is 2.54. The van der Waals surface area contributed by atoms with E-state index in [0.29, 0.717) is 12.1 Å². The minimum atomic E-state index is -2.42. The molecule has 0 radical (unpaired) electrons. The average molecular weight is 177 g/mol. The molecular weight excluding hydrogens is 168 g/mol. The first-order valence-corrected chi connectivity index (χ1v) is 3.50. The van der Waals surface area contributed by atoms with Crippen LogP contribution in [-0.4, -0.2) is 33.1 Å². The molecule has 0 aromatic carbocycles. The van der Waals surface area contributed by atoms with Gasteiger partial charge in [0.1, 0.15) is 6.54 Å². The lowest BCUT2D eigenvalue weighted by atomic mass is 10.3. The van der Waals surface area contributed by atoms with Crippen molar-refractivity contribution in [1.29, 1.82) is 0 Å². The standard InChI is InChI=1S/C6H9F2N3O/c7-6(8)4-11-3-5(1-2-12)9-10-11/h3,6,12H,1-2,4H2. The Bertz CT molecular complexity index is 238. The maximum Gasteiger partial charge on any atom is 0.257 e. The number of hydrogen-bond donors (Lipinski definition) is 1. The van der Waals surface area contributed by atoms with Gasteiger partial charge in [0.15, 0.2) is 0 Å². The number of hydrogen-bond acceptors (Lipinski definition) is 3. The van der Waals surface area contributed by atoms with Crippen LogP contribution in [0.25, 0.3) is 0 Å². The third-order valence-corrected chi connectivity index (χ3v) is 1.28. The predicted octanol–water partition coefficient (Wildman–Crippen LogP) is 0.0780. The van der Waals surface area contributed by atoms with Gasteiger partial charge in [-0.05, 0) is 0 Å². The molecule has 1 aromatic heterocycles. The molecule has 0 saturated heterocycles. The van der Waals surface area contributed by atoms with Gasteiger partial charge < -0.3 is 5.11 Å². The normalized spacial score (nSPS) is 11.0. The summed E-state index contributed by atoms with van der Waals surface area (Å²) in [6.45, 7) is -0.494. The monoisotopic (exact) mass is 177 g/mol. The molecule has 1 N–H and O–H groups in total. The molecule has 0 fully saturated rings. The third-order valence-electron chi connectivity index (χ3n) is 1.28. The number of alkyl halides is 2. The molecule has 68 valence electrons. The summed E-state index contributed by atoms with van der Waals surface area (Å²) in [5.41, 5.74) is 0.526. The Morgan fingerprint density at radius 3 is 2.92 bits per heavy atom. The zero-order chi connectivity index (χ0) is 8.97. The Morgan fingerprint density at radius 1 is 1.58 bits per heavy atom. The van der Waals surface area contributed by atoms with Crippen LogP contribution in [0.3, 0.4) is 0 Å². The fraction of sp³-hybridized carbons (Fsp3) is 0.667. The summed E-state index contributed by atoms with van der Waals surface area (Å²) in [5.74, 6) is 0. The van der Waals surface area contributed by atoms with Crippen molar-refractivity contribution in [3.63, 3.8) is 0 Å². The quantitative estimate of drug-likeness (QED) is 0.708. The smallest absolute Gasteiger partial charge is 0.257 e. The lowest BCUT2D eigenvalue weighted by Gasteiger charge is -1.95. The van der Waals surface area contributed by atoms with Crippen molar-refractivity contribution >= 4 is 0 Å². The molecule has 0 bridgehead atoms. The molecule has 0 aliphatic carbocycles. The van der Waals surface area contributed by atoms with Crippen molar-refractivity contribution < 1.29 is 13.9 Å². The van der Waals surface area contributed by atoms with Gasteiger partial charge in [0, 0.05) is 19.2 Å². The van der Waals surface area contributed by atoms with Crippen LogP contribution in [0, 0.1) is 0 Å². The average Bonchev–Trinajstić information content (AvgIpc) is 2.36. The Labute approximate surface area is 67.8 Å². The number of aromatic nitrogens is 3. The topological polar surface area (TPSA) is 50.9 Å². The van der Waals surface area contributed by atoms with E-state index in [2.05, 4.69) is 10.3 Å².